The summed E-state index contributed by atoms with van der Waals surface area (Å²) in [5.41, 5.74) is 19.3. The van der Waals surface area contributed by atoms with E-state index >= 15 is 0 Å². The summed E-state index contributed by atoms with van der Waals surface area (Å²) in [6, 6.07) is 44.6. The molecule has 5 aromatic rings. The van der Waals surface area contributed by atoms with E-state index in [-0.39, 0.29) is 0 Å². The van der Waals surface area contributed by atoms with Gasteiger partial charge in [0.2, 0.25) is 0 Å². The van der Waals surface area contributed by atoms with E-state index in [0.717, 1.165) is 29.0 Å². The summed E-state index contributed by atoms with van der Waals surface area (Å²) in [4.78, 5) is 0. The Morgan fingerprint density at radius 2 is 1.26 bits per heavy atom. The SMILES string of the molecule is CC1CC(c2cc(-c3cccc(-c4ccccc4Nc4ccccc4)c3)ccc2N)=CC=C1c1ccccc1. The molecule has 1 aliphatic carbocycles. The van der Waals surface area contributed by atoms with E-state index in [1.807, 2.05) is 24.3 Å². The lowest BCUT2D eigenvalue weighted by atomic mass is 9.82. The number of rotatable bonds is 6. The largest absolute Gasteiger partial charge is 0.398 e. The van der Waals surface area contributed by atoms with Crippen molar-refractivity contribution in [2.45, 2.75) is 13.3 Å². The Morgan fingerprint density at radius 1 is 0.590 bits per heavy atom. The molecule has 0 saturated carbocycles. The van der Waals surface area contributed by atoms with Crippen LogP contribution in [0.3, 0.4) is 0 Å². The van der Waals surface area contributed by atoms with Gasteiger partial charge in [-0.05, 0) is 82.1 Å². The second-order valence-corrected chi connectivity index (χ2v) is 10.2. The quantitative estimate of drug-likeness (QED) is 0.226. The van der Waals surface area contributed by atoms with E-state index in [2.05, 4.69) is 128 Å². The fourth-order valence-corrected chi connectivity index (χ4v) is 5.47. The summed E-state index contributed by atoms with van der Waals surface area (Å²) >= 11 is 0. The van der Waals surface area contributed by atoms with Crippen LogP contribution in [0.15, 0.2) is 140 Å². The zero-order valence-corrected chi connectivity index (χ0v) is 22.1. The molecule has 2 nitrogen and oxygen atoms in total. The molecule has 0 saturated heterocycles. The summed E-state index contributed by atoms with van der Waals surface area (Å²) in [6.45, 7) is 2.30. The molecule has 0 bridgehead atoms. The smallest absolute Gasteiger partial charge is 0.0463 e. The van der Waals surface area contributed by atoms with Gasteiger partial charge in [-0.15, -0.1) is 0 Å². The summed E-state index contributed by atoms with van der Waals surface area (Å²) in [5, 5.41) is 3.58. The molecule has 1 unspecified atom stereocenters. The lowest BCUT2D eigenvalue weighted by molar-refractivity contribution is 0.771. The van der Waals surface area contributed by atoms with Crippen LogP contribution in [-0.2, 0) is 0 Å². The second kappa shape index (κ2) is 10.9. The molecule has 1 aliphatic rings. The molecule has 39 heavy (non-hydrogen) atoms. The summed E-state index contributed by atoms with van der Waals surface area (Å²) in [7, 11) is 0. The van der Waals surface area contributed by atoms with Crippen molar-refractivity contribution in [3.8, 4) is 22.3 Å². The number of para-hydroxylation sites is 2. The molecule has 6 rings (SSSR count). The Morgan fingerprint density at radius 3 is 2.05 bits per heavy atom. The van der Waals surface area contributed by atoms with Gasteiger partial charge in [-0.25, -0.2) is 0 Å². The molecule has 0 aromatic heterocycles. The number of allylic oxidation sites excluding steroid dienone is 4. The maximum absolute atomic E-state index is 6.53. The number of nitrogens with one attached hydrogen (secondary N) is 1. The van der Waals surface area contributed by atoms with Crippen LogP contribution in [-0.4, -0.2) is 0 Å². The molecule has 190 valence electrons. The first-order valence-electron chi connectivity index (χ1n) is 13.5. The maximum Gasteiger partial charge on any atom is 0.0463 e. The summed E-state index contributed by atoms with van der Waals surface area (Å²) in [5.74, 6) is 0.424. The molecular weight excluding hydrogens is 472 g/mol. The third-order valence-electron chi connectivity index (χ3n) is 7.51. The zero-order chi connectivity index (χ0) is 26.6. The average molecular weight is 505 g/mol. The molecule has 0 fully saturated rings. The first-order valence-corrected chi connectivity index (χ1v) is 13.5. The van der Waals surface area contributed by atoms with Crippen LogP contribution >= 0.6 is 0 Å². The zero-order valence-electron chi connectivity index (χ0n) is 22.1. The number of anilines is 3. The highest BCUT2D eigenvalue weighted by Gasteiger charge is 2.19. The monoisotopic (exact) mass is 504 g/mol. The number of hydrogen-bond acceptors (Lipinski definition) is 2. The Balaban J connectivity index is 1.33. The van der Waals surface area contributed by atoms with Gasteiger partial charge in [-0.3, -0.25) is 0 Å². The summed E-state index contributed by atoms with van der Waals surface area (Å²) < 4.78 is 0. The maximum atomic E-state index is 6.53. The average Bonchev–Trinajstić information content (AvgIpc) is 2.99. The van der Waals surface area contributed by atoms with Crippen LogP contribution < -0.4 is 11.1 Å². The van der Waals surface area contributed by atoms with E-state index in [4.69, 9.17) is 5.73 Å². The fourth-order valence-electron chi connectivity index (χ4n) is 5.47. The minimum Gasteiger partial charge on any atom is -0.398 e. The van der Waals surface area contributed by atoms with E-state index < -0.39 is 0 Å². The van der Waals surface area contributed by atoms with Gasteiger partial charge in [0.1, 0.15) is 0 Å². The molecule has 0 amide bonds. The molecule has 0 aliphatic heterocycles. The standard InChI is InChI=1S/C37H32N2/c1-26-23-31(19-21-33(26)27-11-4-2-5-12-27)35-25-29(20-22-36(35)38)28-13-10-14-30(24-28)34-17-8-9-18-37(34)39-32-15-6-3-7-16-32/h2-22,24-26,39H,23,38H2,1H3. The number of hydrogen-bond donors (Lipinski definition) is 2. The van der Waals surface area contributed by atoms with Gasteiger partial charge >= 0.3 is 0 Å². The highest BCUT2D eigenvalue weighted by Crippen LogP contribution is 2.39. The van der Waals surface area contributed by atoms with Crippen molar-refractivity contribution < 1.29 is 0 Å². The van der Waals surface area contributed by atoms with E-state index in [1.165, 1.54) is 39.0 Å². The van der Waals surface area contributed by atoms with Crippen LogP contribution in [0, 0.1) is 5.92 Å². The molecule has 5 aromatic carbocycles. The minimum atomic E-state index is 0.424. The molecule has 2 heteroatoms. The van der Waals surface area contributed by atoms with Crippen LogP contribution in [0.4, 0.5) is 17.1 Å². The molecule has 3 N–H and O–H groups in total. The topological polar surface area (TPSA) is 38.0 Å². The third kappa shape index (κ3) is 5.28. The van der Waals surface area contributed by atoms with Crippen molar-refractivity contribution in [1.29, 1.82) is 0 Å². The minimum absolute atomic E-state index is 0.424. The Kier molecular flexibility index (Phi) is 6.84. The van der Waals surface area contributed by atoms with Gasteiger partial charge in [0.15, 0.2) is 0 Å². The van der Waals surface area contributed by atoms with Gasteiger partial charge in [-0.2, -0.15) is 0 Å². The van der Waals surface area contributed by atoms with Crippen molar-refractivity contribution in [2.24, 2.45) is 5.92 Å². The molecule has 0 heterocycles. The van der Waals surface area contributed by atoms with Gasteiger partial charge in [0, 0.05) is 28.2 Å². The highest BCUT2D eigenvalue weighted by atomic mass is 14.9. The fraction of sp³-hybridized carbons (Fsp3) is 0.0811. The predicted octanol–water partition coefficient (Wildman–Crippen LogP) is 9.85. The van der Waals surface area contributed by atoms with Crippen LogP contribution in [0.5, 0.6) is 0 Å². The number of nitrogen functional groups attached to an aromatic ring is 1. The van der Waals surface area contributed by atoms with E-state index in [0.29, 0.717) is 5.92 Å². The third-order valence-corrected chi connectivity index (χ3v) is 7.51. The van der Waals surface area contributed by atoms with Gasteiger partial charge < -0.3 is 11.1 Å². The number of nitrogens with two attached hydrogens (primary N) is 1. The van der Waals surface area contributed by atoms with E-state index in [9.17, 15) is 0 Å². The Labute approximate surface area is 231 Å². The lowest BCUT2D eigenvalue weighted by Crippen LogP contribution is -2.06. The van der Waals surface area contributed by atoms with Crippen molar-refractivity contribution in [3.05, 3.63) is 151 Å². The number of benzene rings is 5. The Hall–Kier alpha value is -4.82. The van der Waals surface area contributed by atoms with Gasteiger partial charge in [0.25, 0.3) is 0 Å². The van der Waals surface area contributed by atoms with Gasteiger partial charge in [-0.1, -0.05) is 110 Å². The lowest BCUT2D eigenvalue weighted by Gasteiger charge is -2.23. The molecular formula is C37H32N2. The Bertz CT molecular complexity index is 1660. The van der Waals surface area contributed by atoms with Gasteiger partial charge in [0.05, 0.1) is 0 Å². The normalized spacial score (nSPS) is 14.8. The highest BCUT2D eigenvalue weighted by molar-refractivity contribution is 5.87. The van der Waals surface area contributed by atoms with Crippen LogP contribution in [0.25, 0.3) is 33.4 Å². The predicted molar refractivity (Wildman–Crippen MR) is 168 cm³/mol. The summed E-state index contributed by atoms with van der Waals surface area (Å²) in [6.07, 6.45) is 5.48. The van der Waals surface area contributed by atoms with Crippen molar-refractivity contribution in [3.63, 3.8) is 0 Å². The molecule has 1 atom stereocenters. The van der Waals surface area contributed by atoms with Crippen molar-refractivity contribution >= 4 is 28.2 Å². The van der Waals surface area contributed by atoms with Crippen molar-refractivity contribution in [2.75, 3.05) is 11.1 Å². The van der Waals surface area contributed by atoms with Crippen molar-refractivity contribution in [1.82, 2.24) is 0 Å². The first-order chi connectivity index (χ1) is 19.2. The first kappa shape index (κ1) is 24.5. The molecule has 0 radical (unpaired) electrons. The van der Waals surface area contributed by atoms with Crippen LogP contribution in [0.2, 0.25) is 0 Å². The van der Waals surface area contributed by atoms with E-state index in [1.54, 1.807) is 0 Å². The second-order valence-electron chi connectivity index (χ2n) is 10.2. The molecule has 0 spiro atoms. The van der Waals surface area contributed by atoms with Crippen LogP contribution in [0.1, 0.15) is 24.5 Å².